The fourth-order valence-electron chi connectivity index (χ4n) is 2.38. The fraction of sp³-hybridized carbons (Fsp3) is 0. The molecule has 2 heterocycles. The SMILES string of the molecule is c1ccc(-c2ncc3nnnn3c2-c2ccccc2)cc1. The van der Waals surface area contributed by atoms with Crippen molar-refractivity contribution in [3.63, 3.8) is 0 Å². The monoisotopic (exact) mass is 273 g/mol. The standard InChI is InChI=1S/C16H11N5/c1-3-7-12(8-4-1)15-16(13-9-5-2-6-10-13)21-14(11-17-15)18-19-20-21/h1-11H. The van der Waals surface area contributed by atoms with Crippen molar-refractivity contribution >= 4 is 5.65 Å². The number of hydrogen-bond acceptors (Lipinski definition) is 4. The molecule has 0 saturated heterocycles. The van der Waals surface area contributed by atoms with E-state index in [1.165, 1.54) is 0 Å². The number of tetrazole rings is 1. The third-order valence-corrected chi connectivity index (χ3v) is 3.33. The van der Waals surface area contributed by atoms with Crippen molar-refractivity contribution in [3.8, 4) is 22.5 Å². The van der Waals surface area contributed by atoms with Crippen LogP contribution in [0.1, 0.15) is 0 Å². The van der Waals surface area contributed by atoms with Crippen LogP contribution in [0.3, 0.4) is 0 Å². The van der Waals surface area contributed by atoms with E-state index in [1.807, 2.05) is 60.7 Å². The van der Waals surface area contributed by atoms with Crippen LogP contribution in [-0.4, -0.2) is 25.0 Å². The summed E-state index contributed by atoms with van der Waals surface area (Å²) >= 11 is 0. The molecule has 0 amide bonds. The molecular weight excluding hydrogens is 262 g/mol. The van der Waals surface area contributed by atoms with Gasteiger partial charge in [0.25, 0.3) is 0 Å². The summed E-state index contributed by atoms with van der Waals surface area (Å²) in [5, 5.41) is 11.8. The summed E-state index contributed by atoms with van der Waals surface area (Å²) in [6, 6.07) is 20.1. The van der Waals surface area contributed by atoms with Crippen molar-refractivity contribution in [2.24, 2.45) is 0 Å². The summed E-state index contributed by atoms with van der Waals surface area (Å²) in [5.74, 6) is 0. The molecule has 0 N–H and O–H groups in total. The van der Waals surface area contributed by atoms with Crippen molar-refractivity contribution < 1.29 is 0 Å². The largest absolute Gasteiger partial charge is 0.250 e. The maximum Gasteiger partial charge on any atom is 0.198 e. The van der Waals surface area contributed by atoms with Gasteiger partial charge in [-0.3, -0.25) is 0 Å². The summed E-state index contributed by atoms with van der Waals surface area (Å²) < 4.78 is 1.73. The Balaban J connectivity index is 2.08. The Bertz CT molecular complexity index is 884. The average molecular weight is 273 g/mol. The highest BCUT2D eigenvalue weighted by Gasteiger charge is 2.14. The van der Waals surface area contributed by atoms with Crippen LogP contribution in [0.4, 0.5) is 0 Å². The molecule has 0 aliphatic carbocycles. The Morgan fingerprint density at radius 2 is 1.43 bits per heavy atom. The van der Waals surface area contributed by atoms with Gasteiger partial charge in [-0.15, -0.1) is 5.10 Å². The summed E-state index contributed by atoms with van der Waals surface area (Å²) in [6.45, 7) is 0. The van der Waals surface area contributed by atoms with E-state index in [2.05, 4.69) is 20.5 Å². The lowest BCUT2D eigenvalue weighted by molar-refractivity contribution is 0.826. The minimum absolute atomic E-state index is 0.633. The van der Waals surface area contributed by atoms with Crippen LogP contribution in [-0.2, 0) is 0 Å². The number of aromatic nitrogens is 5. The minimum Gasteiger partial charge on any atom is -0.250 e. The lowest BCUT2D eigenvalue weighted by Crippen LogP contribution is -2.00. The first-order chi connectivity index (χ1) is 10.4. The highest BCUT2D eigenvalue weighted by molar-refractivity contribution is 5.79. The first-order valence-corrected chi connectivity index (χ1v) is 6.61. The highest BCUT2D eigenvalue weighted by Crippen LogP contribution is 2.29. The molecule has 0 unspecified atom stereocenters. The number of nitrogens with zero attached hydrogens (tertiary/aromatic N) is 5. The van der Waals surface area contributed by atoms with Crippen LogP contribution in [0, 0.1) is 0 Å². The van der Waals surface area contributed by atoms with Gasteiger partial charge in [0.05, 0.1) is 11.9 Å². The van der Waals surface area contributed by atoms with Crippen LogP contribution in [0.15, 0.2) is 66.9 Å². The van der Waals surface area contributed by atoms with Crippen molar-refractivity contribution in [2.45, 2.75) is 0 Å². The van der Waals surface area contributed by atoms with E-state index in [0.717, 1.165) is 22.5 Å². The Hall–Kier alpha value is -3.08. The Morgan fingerprint density at radius 3 is 2.14 bits per heavy atom. The van der Waals surface area contributed by atoms with E-state index in [-0.39, 0.29) is 0 Å². The molecule has 4 rings (SSSR count). The molecule has 4 aromatic rings. The van der Waals surface area contributed by atoms with Gasteiger partial charge >= 0.3 is 0 Å². The van der Waals surface area contributed by atoms with Gasteiger partial charge in [-0.2, -0.15) is 4.52 Å². The molecular formula is C16H11N5. The second-order valence-electron chi connectivity index (χ2n) is 4.64. The van der Waals surface area contributed by atoms with Crippen molar-refractivity contribution in [1.29, 1.82) is 0 Å². The topological polar surface area (TPSA) is 56.0 Å². The Morgan fingerprint density at radius 1 is 0.762 bits per heavy atom. The van der Waals surface area contributed by atoms with Gasteiger partial charge in [0.15, 0.2) is 5.65 Å². The van der Waals surface area contributed by atoms with Crippen LogP contribution in [0.5, 0.6) is 0 Å². The van der Waals surface area contributed by atoms with Crippen molar-refractivity contribution in [2.75, 3.05) is 0 Å². The predicted molar refractivity (Wildman–Crippen MR) is 79.4 cm³/mol. The molecule has 2 aromatic carbocycles. The van der Waals surface area contributed by atoms with Crippen LogP contribution >= 0.6 is 0 Å². The molecule has 0 atom stereocenters. The van der Waals surface area contributed by atoms with Gasteiger partial charge in [-0.05, 0) is 10.4 Å². The summed E-state index contributed by atoms with van der Waals surface area (Å²) in [4.78, 5) is 4.56. The first-order valence-electron chi connectivity index (χ1n) is 6.61. The molecule has 0 aliphatic heterocycles. The van der Waals surface area contributed by atoms with Gasteiger partial charge in [-0.25, -0.2) is 4.98 Å². The molecule has 0 bridgehead atoms. The molecule has 0 aliphatic rings. The van der Waals surface area contributed by atoms with Crippen LogP contribution in [0.2, 0.25) is 0 Å². The third-order valence-electron chi connectivity index (χ3n) is 3.33. The smallest absolute Gasteiger partial charge is 0.198 e. The summed E-state index contributed by atoms with van der Waals surface area (Å²) in [7, 11) is 0. The zero-order chi connectivity index (χ0) is 14.1. The molecule has 0 spiro atoms. The van der Waals surface area contributed by atoms with Gasteiger partial charge in [0.1, 0.15) is 5.69 Å². The molecule has 2 aromatic heterocycles. The molecule has 0 saturated carbocycles. The lowest BCUT2D eigenvalue weighted by Gasteiger charge is -2.10. The number of hydrogen-bond donors (Lipinski definition) is 0. The number of benzene rings is 2. The molecule has 5 heteroatoms. The molecule has 0 radical (unpaired) electrons. The number of rotatable bonds is 2. The molecule has 0 fully saturated rings. The Kier molecular flexibility index (Phi) is 2.67. The zero-order valence-corrected chi connectivity index (χ0v) is 11.1. The summed E-state index contributed by atoms with van der Waals surface area (Å²) in [6.07, 6.45) is 1.69. The van der Waals surface area contributed by atoms with Gasteiger partial charge in [-0.1, -0.05) is 60.7 Å². The third kappa shape index (κ3) is 1.95. The Labute approximate surface area is 120 Å². The molecule has 100 valence electrons. The first kappa shape index (κ1) is 11.7. The quantitative estimate of drug-likeness (QED) is 0.563. The van der Waals surface area contributed by atoms with Gasteiger partial charge < -0.3 is 0 Å². The normalized spacial score (nSPS) is 10.9. The van der Waals surface area contributed by atoms with Gasteiger partial charge in [0.2, 0.25) is 0 Å². The van der Waals surface area contributed by atoms with E-state index >= 15 is 0 Å². The lowest BCUT2D eigenvalue weighted by atomic mass is 10.0. The highest BCUT2D eigenvalue weighted by atomic mass is 15.5. The zero-order valence-electron chi connectivity index (χ0n) is 11.1. The average Bonchev–Trinajstić information content (AvgIpc) is 3.04. The van der Waals surface area contributed by atoms with E-state index < -0.39 is 0 Å². The molecule has 5 nitrogen and oxygen atoms in total. The van der Waals surface area contributed by atoms with Crippen LogP contribution in [0.25, 0.3) is 28.2 Å². The van der Waals surface area contributed by atoms with Crippen molar-refractivity contribution in [3.05, 3.63) is 66.9 Å². The van der Waals surface area contributed by atoms with E-state index in [0.29, 0.717) is 5.65 Å². The second-order valence-corrected chi connectivity index (χ2v) is 4.64. The minimum atomic E-state index is 0.633. The van der Waals surface area contributed by atoms with E-state index in [9.17, 15) is 0 Å². The fourth-order valence-corrected chi connectivity index (χ4v) is 2.38. The molecule has 21 heavy (non-hydrogen) atoms. The summed E-state index contributed by atoms with van der Waals surface area (Å²) in [5.41, 5.74) is 4.45. The van der Waals surface area contributed by atoms with E-state index in [1.54, 1.807) is 10.7 Å². The van der Waals surface area contributed by atoms with E-state index in [4.69, 9.17) is 0 Å². The number of fused-ring (bicyclic) bond motifs is 1. The maximum absolute atomic E-state index is 4.56. The second kappa shape index (κ2) is 4.79. The van der Waals surface area contributed by atoms with Crippen molar-refractivity contribution in [1.82, 2.24) is 25.0 Å². The van der Waals surface area contributed by atoms with Gasteiger partial charge in [0, 0.05) is 11.1 Å². The van der Waals surface area contributed by atoms with Crippen LogP contribution < -0.4 is 0 Å². The predicted octanol–water partition coefficient (Wildman–Crippen LogP) is 2.85. The maximum atomic E-state index is 4.56.